The van der Waals surface area contributed by atoms with Crippen molar-refractivity contribution in [3.05, 3.63) is 42.3 Å². The van der Waals surface area contributed by atoms with Crippen LogP contribution in [0, 0.1) is 5.92 Å². The van der Waals surface area contributed by atoms with Gasteiger partial charge in [-0.05, 0) is 37.3 Å². The molecule has 0 bridgehead atoms. The molecule has 1 saturated carbocycles. The van der Waals surface area contributed by atoms with E-state index in [1.165, 1.54) is 12.8 Å². The average Bonchev–Trinajstić information content (AvgIpc) is 3.36. The molecule has 0 spiro atoms. The maximum atomic E-state index is 5.62. The fraction of sp³-hybridized carbons (Fsp3) is 0.474. The van der Waals surface area contributed by atoms with E-state index < -0.39 is 0 Å². The fourth-order valence-electron chi connectivity index (χ4n) is 2.41. The maximum Gasteiger partial charge on any atom is 0.226 e. The van der Waals surface area contributed by atoms with Gasteiger partial charge in [-0.3, -0.25) is 4.99 Å². The summed E-state index contributed by atoms with van der Waals surface area (Å²) in [5, 5.41) is 6.53. The molecular formula is C19H26N4O2. The predicted octanol–water partition coefficient (Wildman–Crippen LogP) is 2.82. The van der Waals surface area contributed by atoms with Gasteiger partial charge in [-0.15, -0.1) is 0 Å². The van der Waals surface area contributed by atoms with Crippen LogP contribution in [-0.2, 0) is 11.3 Å². The van der Waals surface area contributed by atoms with Crippen LogP contribution in [0.3, 0.4) is 0 Å². The molecule has 2 aromatic rings. The number of benzene rings is 1. The van der Waals surface area contributed by atoms with E-state index in [-0.39, 0.29) is 0 Å². The SMILES string of the molecule is CN=C(NCCCOCC1CC1)NCc1coc(-c2ccccc2)n1. The number of hydrogen-bond donors (Lipinski definition) is 2. The highest BCUT2D eigenvalue weighted by molar-refractivity contribution is 5.79. The Morgan fingerprint density at radius 1 is 1.28 bits per heavy atom. The summed E-state index contributed by atoms with van der Waals surface area (Å²) in [6, 6.07) is 9.88. The fourth-order valence-corrected chi connectivity index (χ4v) is 2.41. The zero-order valence-electron chi connectivity index (χ0n) is 14.7. The van der Waals surface area contributed by atoms with Gasteiger partial charge in [0.05, 0.1) is 12.2 Å². The zero-order valence-corrected chi connectivity index (χ0v) is 14.7. The summed E-state index contributed by atoms with van der Waals surface area (Å²) in [4.78, 5) is 8.72. The predicted molar refractivity (Wildman–Crippen MR) is 98.3 cm³/mol. The van der Waals surface area contributed by atoms with Crippen molar-refractivity contribution < 1.29 is 9.15 Å². The van der Waals surface area contributed by atoms with Crippen molar-refractivity contribution in [3.63, 3.8) is 0 Å². The minimum Gasteiger partial charge on any atom is -0.444 e. The molecule has 134 valence electrons. The van der Waals surface area contributed by atoms with Gasteiger partial charge < -0.3 is 19.8 Å². The first-order valence-electron chi connectivity index (χ1n) is 8.87. The van der Waals surface area contributed by atoms with E-state index in [9.17, 15) is 0 Å². The Hall–Kier alpha value is -2.34. The second kappa shape index (κ2) is 9.22. The highest BCUT2D eigenvalue weighted by Crippen LogP contribution is 2.28. The highest BCUT2D eigenvalue weighted by atomic mass is 16.5. The molecule has 1 aromatic heterocycles. The van der Waals surface area contributed by atoms with Gasteiger partial charge in [-0.25, -0.2) is 4.98 Å². The molecule has 2 N–H and O–H groups in total. The van der Waals surface area contributed by atoms with Gasteiger partial charge >= 0.3 is 0 Å². The smallest absolute Gasteiger partial charge is 0.226 e. The van der Waals surface area contributed by atoms with Gasteiger partial charge in [0, 0.05) is 32.4 Å². The Balaban J connectivity index is 1.35. The van der Waals surface area contributed by atoms with Crippen LogP contribution in [0.25, 0.3) is 11.5 Å². The lowest BCUT2D eigenvalue weighted by molar-refractivity contribution is 0.123. The summed E-state index contributed by atoms with van der Waals surface area (Å²) in [5.41, 5.74) is 1.82. The zero-order chi connectivity index (χ0) is 17.3. The van der Waals surface area contributed by atoms with Crippen molar-refractivity contribution in [1.29, 1.82) is 0 Å². The summed E-state index contributed by atoms with van der Waals surface area (Å²) >= 11 is 0. The molecule has 0 radical (unpaired) electrons. The van der Waals surface area contributed by atoms with Crippen molar-refractivity contribution >= 4 is 5.96 Å². The van der Waals surface area contributed by atoms with E-state index in [0.29, 0.717) is 12.4 Å². The Morgan fingerprint density at radius 3 is 2.88 bits per heavy atom. The Bertz CT molecular complexity index is 665. The third-order valence-electron chi connectivity index (χ3n) is 4.04. The molecule has 1 aromatic carbocycles. The second-order valence-corrected chi connectivity index (χ2v) is 6.23. The molecule has 1 aliphatic carbocycles. The number of aromatic nitrogens is 1. The van der Waals surface area contributed by atoms with Crippen LogP contribution < -0.4 is 10.6 Å². The average molecular weight is 342 g/mol. The number of rotatable bonds is 9. The Labute approximate surface area is 148 Å². The minimum atomic E-state index is 0.564. The monoisotopic (exact) mass is 342 g/mol. The molecule has 1 aliphatic rings. The molecule has 0 unspecified atom stereocenters. The molecule has 1 heterocycles. The summed E-state index contributed by atoms with van der Waals surface area (Å²) in [6.45, 7) is 3.11. The van der Waals surface area contributed by atoms with Gasteiger partial charge in [-0.2, -0.15) is 0 Å². The van der Waals surface area contributed by atoms with Crippen molar-refractivity contribution in [2.45, 2.75) is 25.8 Å². The molecule has 6 nitrogen and oxygen atoms in total. The summed E-state index contributed by atoms with van der Waals surface area (Å²) < 4.78 is 11.2. The van der Waals surface area contributed by atoms with Crippen molar-refractivity contribution in [2.75, 3.05) is 26.8 Å². The first kappa shape index (κ1) is 17.5. The third-order valence-corrected chi connectivity index (χ3v) is 4.04. The molecule has 1 fully saturated rings. The number of oxazole rings is 1. The number of nitrogens with zero attached hydrogens (tertiary/aromatic N) is 2. The lowest BCUT2D eigenvalue weighted by atomic mass is 10.2. The van der Waals surface area contributed by atoms with Crippen LogP contribution in [0.2, 0.25) is 0 Å². The number of aliphatic imine (C=N–C) groups is 1. The van der Waals surface area contributed by atoms with E-state index in [0.717, 1.165) is 49.3 Å². The number of hydrogen-bond acceptors (Lipinski definition) is 4. The van der Waals surface area contributed by atoms with Crippen LogP contribution in [-0.4, -0.2) is 37.7 Å². The van der Waals surface area contributed by atoms with Gasteiger partial charge in [0.1, 0.15) is 6.26 Å². The lowest BCUT2D eigenvalue weighted by Crippen LogP contribution is -2.37. The third kappa shape index (κ3) is 5.90. The Kier molecular flexibility index (Phi) is 6.45. The minimum absolute atomic E-state index is 0.564. The summed E-state index contributed by atoms with van der Waals surface area (Å²) in [7, 11) is 1.76. The van der Waals surface area contributed by atoms with E-state index in [2.05, 4.69) is 20.6 Å². The summed E-state index contributed by atoms with van der Waals surface area (Å²) in [6.07, 6.45) is 5.32. The van der Waals surface area contributed by atoms with E-state index in [1.54, 1.807) is 13.3 Å². The second-order valence-electron chi connectivity index (χ2n) is 6.23. The normalized spacial score (nSPS) is 14.5. The number of nitrogens with one attached hydrogen (secondary N) is 2. The topological polar surface area (TPSA) is 71.7 Å². The van der Waals surface area contributed by atoms with Gasteiger partial charge in [0.2, 0.25) is 5.89 Å². The van der Waals surface area contributed by atoms with E-state index in [1.807, 2.05) is 30.3 Å². The van der Waals surface area contributed by atoms with Crippen LogP contribution >= 0.6 is 0 Å². The van der Waals surface area contributed by atoms with E-state index >= 15 is 0 Å². The van der Waals surface area contributed by atoms with Gasteiger partial charge in [-0.1, -0.05) is 18.2 Å². The Morgan fingerprint density at radius 2 is 2.12 bits per heavy atom. The molecule has 3 rings (SSSR count). The van der Waals surface area contributed by atoms with Crippen molar-refractivity contribution in [2.24, 2.45) is 10.9 Å². The molecule has 0 aliphatic heterocycles. The molecule has 0 atom stereocenters. The van der Waals surface area contributed by atoms with Crippen LogP contribution in [0.15, 0.2) is 46.0 Å². The molecule has 0 saturated heterocycles. The first-order valence-corrected chi connectivity index (χ1v) is 8.87. The molecule has 25 heavy (non-hydrogen) atoms. The number of ether oxygens (including phenoxy) is 1. The lowest BCUT2D eigenvalue weighted by Gasteiger charge is -2.10. The van der Waals surface area contributed by atoms with Crippen LogP contribution in [0.5, 0.6) is 0 Å². The summed E-state index contributed by atoms with van der Waals surface area (Å²) in [5.74, 6) is 2.21. The number of guanidine groups is 1. The van der Waals surface area contributed by atoms with E-state index in [4.69, 9.17) is 9.15 Å². The van der Waals surface area contributed by atoms with Gasteiger partial charge in [0.25, 0.3) is 0 Å². The highest BCUT2D eigenvalue weighted by Gasteiger charge is 2.20. The quantitative estimate of drug-likeness (QED) is 0.416. The maximum absolute atomic E-state index is 5.62. The van der Waals surface area contributed by atoms with Gasteiger partial charge in [0.15, 0.2) is 5.96 Å². The van der Waals surface area contributed by atoms with Crippen molar-refractivity contribution in [3.8, 4) is 11.5 Å². The van der Waals surface area contributed by atoms with Crippen molar-refractivity contribution in [1.82, 2.24) is 15.6 Å². The largest absolute Gasteiger partial charge is 0.444 e. The molecule has 6 heteroatoms. The molecular weight excluding hydrogens is 316 g/mol. The first-order chi connectivity index (χ1) is 12.3. The van der Waals surface area contributed by atoms with Crippen LogP contribution in [0.1, 0.15) is 25.0 Å². The molecule has 0 amide bonds. The van der Waals surface area contributed by atoms with Crippen LogP contribution in [0.4, 0.5) is 0 Å². The standard InChI is InChI=1S/C19H26N4O2/c1-20-19(21-10-5-11-24-13-15-8-9-15)22-12-17-14-25-18(23-17)16-6-3-2-4-7-16/h2-4,6-7,14-15H,5,8-13H2,1H3,(H2,20,21,22).